The van der Waals surface area contributed by atoms with E-state index in [9.17, 15) is 13.6 Å². The quantitative estimate of drug-likeness (QED) is 0.595. The van der Waals surface area contributed by atoms with Gasteiger partial charge in [-0.15, -0.1) is 0 Å². The molecule has 25 heavy (non-hydrogen) atoms. The van der Waals surface area contributed by atoms with Gasteiger partial charge in [-0.1, -0.05) is 11.6 Å². The van der Waals surface area contributed by atoms with E-state index in [1.807, 2.05) is 6.92 Å². The van der Waals surface area contributed by atoms with E-state index in [1.165, 1.54) is 17.2 Å². The van der Waals surface area contributed by atoms with E-state index < -0.39 is 17.6 Å². The molecular formula is C18H15ClF2N2O2. The lowest BCUT2D eigenvalue weighted by molar-refractivity contribution is -0.138. The topological polar surface area (TPSA) is 42.4 Å². The summed E-state index contributed by atoms with van der Waals surface area (Å²) in [5.74, 6) is -1.55. The molecule has 0 saturated carbocycles. The number of aromatic nitrogens is 1. The first kappa shape index (κ1) is 17.4. The second kappa shape index (κ2) is 6.80. The molecule has 0 spiro atoms. The summed E-state index contributed by atoms with van der Waals surface area (Å²) in [6, 6.07) is 4.88. The van der Waals surface area contributed by atoms with Gasteiger partial charge in [0.2, 0.25) is 0 Å². The van der Waals surface area contributed by atoms with Crippen LogP contribution in [0.3, 0.4) is 0 Å². The van der Waals surface area contributed by atoms with Crippen LogP contribution in [0.5, 0.6) is 0 Å². The molecule has 1 aromatic carbocycles. The van der Waals surface area contributed by atoms with Gasteiger partial charge in [0.15, 0.2) is 0 Å². The first-order valence-electron chi connectivity index (χ1n) is 7.68. The Morgan fingerprint density at radius 1 is 1.36 bits per heavy atom. The molecule has 0 unspecified atom stereocenters. The molecule has 0 saturated heterocycles. The summed E-state index contributed by atoms with van der Waals surface area (Å²) in [7, 11) is 0. The van der Waals surface area contributed by atoms with Crippen molar-refractivity contribution in [3.05, 3.63) is 64.0 Å². The SMILES string of the molecule is CCOC(=O)C1=CN(c2ccc(F)cc2F)c2nc(Cl)cc(C)c2C1. The number of rotatable bonds is 3. The molecule has 4 nitrogen and oxygen atoms in total. The number of fused-ring (bicyclic) bond motifs is 1. The number of hydrogen-bond acceptors (Lipinski definition) is 4. The van der Waals surface area contributed by atoms with Crippen LogP contribution in [-0.2, 0) is 16.0 Å². The number of carbonyl (C=O) groups excluding carboxylic acids is 1. The fourth-order valence-corrected chi connectivity index (χ4v) is 2.97. The molecule has 7 heteroatoms. The van der Waals surface area contributed by atoms with E-state index in [0.717, 1.165) is 23.3 Å². The smallest absolute Gasteiger partial charge is 0.335 e. The number of benzene rings is 1. The van der Waals surface area contributed by atoms with Crippen LogP contribution in [0.15, 0.2) is 36.0 Å². The highest BCUT2D eigenvalue weighted by Gasteiger charge is 2.28. The van der Waals surface area contributed by atoms with E-state index in [0.29, 0.717) is 17.8 Å². The molecule has 1 aliphatic heterocycles. The maximum absolute atomic E-state index is 14.3. The third-order valence-electron chi connectivity index (χ3n) is 3.88. The summed E-state index contributed by atoms with van der Waals surface area (Å²) < 4.78 is 32.6. The van der Waals surface area contributed by atoms with E-state index in [2.05, 4.69) is 4.98 Å². The van der Waals surface area contributed by atoms with Gasteiger partial charge >= 0.3 is 5.97 Å². The van der Waals surface area contributed by atoms with Crippen molar-refractivity contribution in [1.82, 2.24) is 4.98 Å². The molecule has 2 heterocycles. The highest BCUT2D eigenvalue weighted by molar-refractivity contribution is 6.29. The average molecular weight is 365 g/mol. The lowest BCUT2D eigenvalue weighted by Crippen LogP contribution is -2.24. The second-order valence-corrected chi connectivity index (χ2v) is 5.97. The Kier molecular flexibility index (Phi) is 4.72. The van der Waals surface area contributed by atoms with Crippen molar-refractivity contribution in [2.45, 2.75) is 20.3 Å². The summed E-state index contributed by atoms with van der Waals surface area (Å²) in [6.07, 6.45) is 1.75. The van der Waals surface area contributed by atoms with Crippen LogP contribution < -0.4 is 4.90 Å². The van der Waals surface area contributed by atoms with Crippen molar-refractivity contribution in [2.75, 3.05) is 11.5 Å². The maximum Gasteiger partial charge on any atom is 0.335 e. The van der Waals surface area contributed by atoms with Gasteiger partial charge in [0.25, 0.3) is 0 Å². The van der Waals surface area contributed by atoms with Crippen LogP contribution in [-0.4, -0.2) is 17.6 Å². The van der Waals surface area contributed by atoms with E-state index in [1.54, 1.807) is 13.0 Å². The summed E-state index contributed by atoms with van der Waals surface area (Å²) in [5, 5.41) is 0.247. The Labute approximate surface area is 148 Å². The second-order valence-electron chi connectivity index (χ2n) is 5.58. The predicted octanol–water partition coefficient (Wildman–Crippen LogP) is 4.46. The Hall–Kier alpha value is -2.47. The molecule has 1 aromatic heterocycles. The molecule has 3 rings (SSSR count). The lowest BCUT2D eigenvalue weighted by atomic mass is 9.98. The van der Waals surface area contributed by atoms with Gasteiger partial charge in [0.1, 0.15) is 22.6 Å². The van der Waals surface area contributed by atoms with Crippen LogP contribution in [0, 0.1) is 18.6 Å². The number of nitrogens with zero attached hydrogens (tertiary/aromatic N) is 2. The van der Waals surface area contributed by atoms with Gasteiger partial charge in [-0.3, -0.25) is 4.90 Å². The van der Waals surface area contributed by atoms with Crippen molar-refractivity contribution in [1.29, 1.82) is 0 Å². The molecule has 0 radical (unpaired) electrons. The number of ether oxygens (including phenoxy) is 1. The standard InChI is InChI=1S/C18H15ClF2N2O2/c1-3-25-18(24)11-7-13-10(2)6-16(19)22-17(13)23(9-11)15-5-4-12(20)8-14(15)21/h4-6,8-9H,3,7H2,1-2H3. The molecule has 0 fully saturated rings. The predicted molar refractivity (Wildman–Crippen MR) is 90.9 cm³/mol. The van der Waals surface area contributed by atoms with Gasteiger partial charge in [-0.25, -0.2) is 18.6 Å². The molecule has 0 amide bonds. The van der Waals surface area contributed by atoms with Gasteiger partial charge in [-0.05, 0) is 37.6 Å². The van der Waals surface area contributed by atoms with Crippen molar-refractivity contribution < 1.29 is 18.3 Å². The number of pyridine rings is 1. The number of carbonyl (C=O) groups is 1. The fraction of sp³-hybridized carbons (Fsp3) is 0.222. The third kappa shape index (κ3) is 3.35. The number of aryl methyl sites for hydroxylation is 1. The van der Waals surface area contributed by atoms with Crippen LogP contribution in [0.4, 0.5) is 20.3 Å². The normalized spacial score (nSPS) is 13.3. The Morgan fingerprint density at radius 2 is 2.12 bits per heavy atom. The lowest BCUT2D eigenvalue weighted by Gasteiger charge is -2.29. The Bertz CT molecular complexity index is 884. The number of esters is 1. The summed E-state index contributed by atoms with van der Waals surface area (Å²) in [6.45, 7) is 3.77. The van der Waals surface area contributed by atoms with Crippen molar-refractivity contribution >= 4 is 29.1 Å². The monoisotopic (exact) mass is 364 g/mol. The largest absolute Gasteiger partial charge is 0.463 e. The Balaban J connectivity index is 2.18. The molecular weight excluding hydrogens is 350 g/mol. The number of hydrogen-bond donors (Lipinski definition) is 0. The molecule has 0 N–H and O–H groups in total. The molecule has 130 valence electrons. The van der Waals surface area contributed by atoms with E-state index in [4.69, 9.17) is 16.3 Å². The molecule has 0 bridgehead atoms. The highest BCUT2D eigenvalue weighted by atomic mass is 35.5. The minimum Gasteiger partial charge on any atom is -0.463 e. The number of anilines is 2. The molecule has 2 aromatic rings. The fourth-order valence-electron chi connectivity index (χ4n) is 2.72. The van der Waals surface area contributed by atoms with Crippen molar-refractivity contribution in [3.8, 4) is 0 Å². The highest BCUT2D eigenvalue weighted by Crippen LogP contribution is 2.37. The first-order chi connectivity index (χ1) is 11.9. The zero-order chi connectivity index (χ0) is 18.1. The van der Waals surface area contributed by atoms with Crippen molar-refractivity contribution in [3.63, 3.8) is 0 Å². The zero-order valence-electron chi connectivity index (χ0n) is 13.6. The first-order valence-corrected chi connectivity index (χ1v) is 8.06. The number of halogens is 3. The van der Waals surface area contributed by atoms with Crippen LogP contribution in [0.25, 0.3) is 0 Å². The molecule has 1 aliphatic rings. The van der Waals surface area contributed by atoms with Crippen LogP contribution in [0.2, 0.25) is 5.15 Å². The van der Waals surface area contributed by atoms with Crippen LogP contribution in [0.1, 0.15) is 18.1 Å². The Morgan fingerprint density at radius 3 is 2.80 bits per heavy atom. The minimum absolute atomic E-state index is 0.0679. The van der Waals surface area contributed by atoms with E-state index >= 15 is 0 Å². The van der Waals surface area contributed by atoms with Gasteiger partial charge in [0, 0.05) is 24.3 Å². The summed E-state index contributed by atoms with van der Waals surface area (Å²) in [4.78, 5) is 17.9. The molecule has 0 aliphatic carbocycles. The molecule has 0 atom stereocenters. The zero-order valence-corrected chi connectivity index (χ0v) is 14.4. The average Bonchev–Trinajstić information content (AvgIpc) is 2.54. The van der Waals surface area contributed by atoms with E-state index in [-0.39, 0.29) is 17.4 Å². The third-order valence-corrected chi connectivity index (χ3v) is 4.08. The van der Waals surface area contributed by atoms with Gasteiger partial charge in [0.05, 0.1) is 17.9 Å². The van der Waals surface area contributed by atoms with Gasteiger partial charge < -0.3 is 4.74 Å². The van der Waals surface area contributed by atoms with Crippen LogP contribution >= 0.6 is 11.6 Å². The van der Waals surface area contributed by atoms with Crippen molar-refractivity contribution in [2.24, 2.45) is 0 Å². The maximum atomic E-state index is 14.3. The summed E-state index contributed by atoms with van der Waals surface area (Å²) in [5.41, 5.74) is 1.97. The summed E-state index contributed by atoms with van der Waals surface area (Å²) >= 11 is 6.04. The van der Waals surface area contributed by atoms with Gasteiger partial charge in [-0.2, -0.15) is 0 Å². The minimum atomic E-state index is -0.772.